The first kappa shape index (κ1) is 12.9. The van der Waals surface area contributed by atoms with Gasteiger partial charge in [-0.25, -0.2) is 8.78 Å². The molecule has 0 amide bonds. The van der Waals surface area contributed by atoms with E-state index in [-0.39, 0.29) is 12.7 Å². The Bertz CT molecular complexity index is 220. The molecule has 0 radical (unpaired) electrons. The Morgan fingerprint density at radius 2 is 1.47 bits per heavy atom. The molecule has 0 aliphatic carbocycles. The van der Waals surface area contributed by atoms with Crippen molar-refractivity contribution in [2.24, 2.45) is 0 Å². The predicted molar refractivity (Wildman–Crippen MR) is 56.1 cm³/mol. The number of halogens is 2. The maximum Gasteiger partial charge on any atom is 0.458 e. The SMILES string of the molecule is CC(F)(F)CCB1OC(C)(C)C(C)(C)O1. The molecule has 0 N–H and O–H groups in total. The zero-order chi connectivity index (χ0) is 11.9. The van der Waals surface area contributed by atoms with Crippen LogP contribution in [0.4, 0.5) is 8.78 Å². The first-order chi connectivity index (χ1) is 6.54. The Hall–Kier alpha value is -0.155. The van der Waals surface area contributed by atoms with Crippen LogP contribution in [0.1, 0.15) is 41.0 Å². The number of hydrogen-bond acceptors (Lipinski definition) is 2. The first-order valence-electron chi connectivity index (χ1n) is 5.27. The Morgan fingerprint density at radius 3 is 1.80 bits per heavy atom. The molecule has 0 unspecified atom stereocenters. The minimum Gasteiger partial charge on any atom is -0.403 e. The highest BCUT2D eigenvalue weighted by Gasteiger charge is 2.51. The third-order valence-corrected chi connectivity index (χ3v) is 3.12. The standard InChI is InChI=1S/C10H19BF2O2/c1-8(2)9(3,4)15-11(14-8)7-6-10(5,12)13/h6-7H2,1-5H3. The summed E-state index contributed by atoms with van der Waals surface area (Å²) in [4.78, 5) is 0. The van der Waals surface area contributed by atoms with E-state index in [0.717, 1.165) is 6.92 Å². The lowest BCUT2D eigenvalue weighted by atomic mass is 9.82. The van der Waals surface area contributed by atoms with Gasteiger partial charge in [0.25, 0.3) is 0 Å². The van der Waals surface area contributed by atoms with E-state index in [1.807, 2.05) is 27.7 Å². The molecule has 0 aromatic heterocycles. The fourth-order valence-corrected chi connectivity index (χ4v) is 1.45. The molecule has 0 spiro atoms. The van der Waals surface area contributed by atoms with E-state index < -0.39 is 24.2 Å². The molecule has 1 fully saturated rings. The summed E-state index contributed by atoms with van der Waals surface area (Å²) in [5, 5.41) is 0. The van der Waals surface area contributed by atoms with Crippen LogP contribution in [0.5, 0.6) is 0 Å². The maximum absolute atomic E-state index is 12.6. The van der Waals surface area contributed by atoms with Gasteiger partial charge in [-0.3, -0.25) is 0 Å². The van der Waals surface area contributed by atoms with Crippen LogP contribution < -0.4 is 0 Å². The van der Waals surface area contributed by atoms with Gasteiger partial charge in [0.1, 0.15) is 0 Å². The smallest absolute Gasteiger partial charge is 0.403 e. The van der Waals surface area contributed by atoms with Crippen molar-refractivity contribution in [3.63, 3.8) is 0 Å². The van der Waals surface area contributed by atoms with Crippen molar-refractivity contribution in [1.82, 2.24) is 0 Å². The summed E-state index contributed by atoms with van der Waals surface area (Å²) in [5.41, 5.74) is -0.860. The highest BCUT2D eigenvalue weighted by molar-refractivity contribution is 6.45. The predicted octanol–water partition coefficient (Wildman–Crippen LogP) is 3.12. The van der Waals surface area contributed by atoms with Crippen molar-refractivity contribution in [3.8, 4) is 0 Å². The Kier molecular flexibility index (Phi) is 3.19. The third kappa shape index (κ3) is 3.15. The van der Waals surface area contributed by atoms with E-state index in [4.69, 9.17) is 9.31 Å². The summed E-state index contributed by atoms with van der Waals surface area (Å²) in [6.45, 7) is 8.57. The van der Waals surface area contributed by atoms with Crippen LogP contribution in [0, 0.1) is 0 Å². The molecule has 15 heavy (non-hydrogen) atoms. The second-order valence-electron chi connectivity index (χ2n) is 5.29. The van der Waals surface area contributed by atoms with E-state index >= 15 is 0 Å². The minimum atomic E-state index is -2.65. The molecule has 0 atom stereocenters. The lowest BCUT2D eigenvalue weighted by Gasteiger charge is -2.32. The zero-order valence-electron chi connectivity index (χ0n) is 10.1. The average Bonchev–Trinajstić information content (AvgIpc) is 2.16. The van der Waals surface area contributed by atoms with Crippen LogP contribution in [0.25, 0.3) is 0 Å². The van der Waals surface area contributed by atoms with Gasteiger partial charge < -0.3 is 9.31 Å². The monoisotopic (exact) mass is 220 g/mol. The van der Waals surface area contributed by atoms with Crippen LogP contribution in [0.15, 0.2) is 0 Å². The molecule has 1 heterocycles. The van der Waals surface area contributed by atoms with Gasteiger partial charge in [0.15, 0.2) is 0 Å². The topological polar surface area (TPSA) is 18.5 Å². The number of alkyl halides is 2. The van der Waals surface area contributed by atoms with Crippen LogP contribution >= 0.6 is 0 Å². The van der Waals surface area contributed by atoms with Gasteiger partial charge in [0.2, 0.25) is 5.92 Å². The van der Waals surface area contributed by atoms with Crippen molar-refractivity contribution in [2.45, 2.75) is 64.5 Å². The summed E-state index contributed by atoms with van der Waals surface area (Å²) in [5.74, 6) is -2.65. The van der Waals surface area contributed by atoms with Gasteiger partial charge in [0.05, 0.1) is 11.2 Å². The summed E-state index contributed by atoms with van der Waals surface area (Å²) >= 11 is 0. The van der Waals surface area contributed by atoms with Crippen molar-refractivity contribution >= 4 is 7.12 Å². The molecule has 0 aromatic carbocycles. The molecular formula is C10H19BF2O2. The third-order valence-electron chi connectivity index (χ3n) is 3.12. The van der Waals surface area contributed by atoms with Gasteiger partial charge in [-0.05, 0) is 40.9 Å². The molecule has 0 bridgehead atoms. The second-order valence-corrected chi connectivity index (χ2v) is 5.29. The fourth-order valence-electron chi connectivity index (χ4n) is 1.45. The van der Waals surface area contributed by atoms with E-state index in [2.05, 4.69) is 0 Å². The summed E-state index contributed by atoms with van der Waals surface area (Å²) in [6.07, 6.45) is 0.0280. The van der Waals surface area contributed by atoms with Gasteiger partial charge in [-0.15, -0.1) is 0 Å². The maximum atomic E-state index is 12.6. The lowest BCUT2D eigenvalue weighted by molar-refractivity contribution is 0.00578. The average molecular weight is 220 g/mol. The van der Waals surface area contributed by atoms with Crippen molar-refractivity contribution in [3.05, 3.63) is 0 Å². The molecule has 1 aliphatic rings. The van der Waals surface area contributed by atoms with E-state index in [1.54, 1.807) is 0 Å². The van der Waals surface area contributed by atoms with Crippen molar-refractivity contribution < 1.29 is 18.1 Å². The Balaban J connectivity index is 2.50. The molecule has 0 saturated carbocycles. The number of hydrogen-bond donors (Lipinski definition) is 0. The quantitative estimate of drug-likeness (QED) is 0.680. The van der Waals surface area contributed by atoms with Crippen LogP contribution in [-0.2, 0) is 9.31 Å². The lowest BCUT2D eigenvalue weighted by Crippen LogP contribution is -2.41. The largest absolute Gasteiger partial charge is 0.458 e. The molecule has 5 heteroatoms. The molecule has 1 saturated heterocycles. The van der Waals surface area contributed by atoms with Crippen LogP contribution in [-0.4, -0.2) is 24.2 Å². The normalized spacial score (nSPS) is 24.6. The van der Waals surface area contributed by atoms with E-state index in [1.165, 1.54) is 0 Å². The Morgan fingerprint density at radius 1 is 1.07 bits per heavy atom. The molecule has 88 valence electrons. The van der Waals surface area contributed by atoms with E-state index in [9.17, 15) is 8.78 Å². The second kappa shape index (κ2) is 3.70. The fraction of sp³-hybridized carbons (Fsp3) is 1.00. The highest BCUT2D eigenvalue weighted by Crippen LogP contribution is 2.38. The first-order valence-corrected chi connectivity index (χ1v) is 5.27. The van der Waals surface area contributed by atoms with Crippen molar-refractivity contribution in [1.29, 1.82) is 0 Å². The van der Waals surface area contributed by atoms with Crippen LogP contribution in [0.2, 0.25) is 6.32 Å². The summed E-state index contributed by atoms with van der Waals surface area (Å²) < 4.78 is 36.5. The zero-order valence-corrected chi connectivity index (χ0v) is 10.1. The van der Waals surface area contributed by atoms with Crippen LogP contribution in [0.3, 0.4) is 0 Å². The molecular weight excluding hydrogens is 201 g/mol. The molecule has 2 nitrogen and oxygen atoms in total. The Labute approximate surface area is 90.5 Å². The van der Waals surface area contributed by atoms with Gasteiger partial charge in [0, 0.05) is 6.42 Å². The molecule has 0 aromatic rings. The minimum absolute atomic E-state index is 0.205. The summed E-state index contributed by atoms with van der Waals surface area (Å²) in [6, 6.07) is 0. The van der Waals surface area contributed by atoms with Gasteiger partial charge in [-0.2, -0.15) is 0 Å². The number of rotatable bonds is 3. The molecule has 1 rings (SSSR count). The molecule has 1 aliphatic heterocycles. The van der Waals surface area contributed by atoms with Crippen molar-refractivity contribution in [2.75, 3.05) is 0 Å². The van der Waals surface area contributed by atoms with Gasteiger partial charge >= 0.3 is 7.12 Å². The summed E-state index contributed by atoms with van der Waals surface area (Å²) in [7, 11) is -0.513. The highest BCUT2D eigenvalue weighted by atomic mass is 19.3. The van der Waals surface area contributed by atoms with E-state index in [0.29, 0.717) is 0 Å². The van der Waals surface area contributed by atoms with Gasteiger partial charge in [-0.1, -0.05) is 0 Å².